The number of alkyl halides is 3. The number of hydrogen-bond acceptors (Lipinski definition) is 4. The van der Waals surface area contributed by atoms with Crippen molar-refractivity contribution < 1.29 is 13.7 Å². The van der Waals surface area contributed by atoms with Gasteiger partial charge in [0.05, 0.1) is 17.0 Å². The van der Waals surface area contributed by atoms with E-state index in [9.17, 15) is 18.9 Å². The van der Waals surface area contributed by atoms with E-state index in [0.29, 0.717) is 0 Å². The molecule has 1 aromatic rings. The van der Waals surface area contributed by atoms with Crippen LogP contribution in [-0.2, 0) is 5.88 Å². The van der Waals surface area contributed by atoms with Crippen molar-refractivity contribution in [3.8, 4) is 6.07 Å². The lowest BCUT2D eigenvalue weighted by atomic mass is 10.1. The number of aromatic nitrogens is 1. The Hall–Kier alpha value is -1.81. The predicted octanol–water partition coefficient (Wildman–Crippen LogP) is 2.54. The lowest BCUT2D eigenvalue weighted by Gasteiger charge is -2.06. The molecule has 0 N–H and O–H groups in total. The molecule has 0 atom stereocenters. The number of hydrogen-bond donors (Lipinski definition) is 0. The number of nitriles is 1. The quantitative estimate of drug-likeness (QED) is 0.467. The number of rotatable bonds is 3. The summed E-state index contributed by atoms with van der Waals surface area (Å²) in [7, 11) is 0. The Morgan fingerprint density at radius 3 is 2.69 bits per heavy atom. The molecule has 0 amide bonds. The maximum Gasteiger partial charge on any atom is 0.368 e. The number of nitrogens with zero attached hydrogens (tertiary/aromatic N) is 3. The molecule has 0 bridgehead atoms. The standard InChI is InChI=1S/C8H4ClF2N3O2/c9-1-5-6(7(10)11)4(2-12)3-13-8(5)14(15)16/h3,7H,1H2. The van der Waals surface area contributed by atoms with Crippen molar-refractivity contribution in [2.75, 3.05) is 0 Å². The molecule has 16 heavy (non-hydrogen) atoms. The zero-order valence-electron chi connectivity index (χ0n) is 7.65. The maximum absolute atomic E-state index is 12.6. The summed E-state index contributed by atoms with van der Waals surface area (Å²) in [5.74, 6) is -1.25. The largest absolute Gasteiger partial charge is 0.368 e. The fourth-order valence-corrected chi connectivity index (χ4v) is 1.45. The van der Waals surface area contributed by atoms with Gasteiger partial charge in [0.1, 0.15) is 11.6 Å². The molecule has 1 heterocycles. The monoisotopic (exact) mass is 247 g/mol. The topological polar surface area (TPSA) is 79.8 Å². The van der Waals surface area contributed by atoms with Gasteiger partial charge in [-0.1, -0.05) is 0 Å². The lowest BCUT2D eigenvalue weighted by molar-refractivity contribution is -0.390. The van der Waals surface area contributed by atoms with E-state index in [4.69, 9.17) is 16.9 Å². The fraction of sp³-hybridized carbons (Fsp3) is 0.250. The van der Waals surface area contributed by atoms with Gasteiger partial charge in [-0.05, 0) is 9.91 Å². The minimum atomic E-state index is -3.01. The van der Waals surface area contributed by atoms with E-state index in [1.807, 2.05) is 0 Å². The van der Waals surface area contributed by atoms with E-state index in [1.54, 1.807) is 0 Å². The third-order valence-corrected chi connectivity index (χ3v) is 2.11. The molecular formula is C8H4ClF2N3O2. The van der Waals surface area contributed by atoms with E-state index >= 15 is 0 Å². The van der Waals surface area contributed by atoms with Crippen molar-refractivity contribution in [1.29, 1.82) is 5.26 Å². The molecule has 1 rings (SSSR count). The molecule has 0 radical (unpaired) electrons. The van der Waals surface area contributed by atoms with Gasteiger partial charge in [0.25, 0.3) is 6.43 Å². The number of halogens is 3. The second kappa shape index (κ2) is 4.81. The first-order chi connectivity index (χ1) is 7.52. The molecule has 0 aromatic carbocycles. The van der Waals surface area contributed by atoms with Crippen LogP contribution in [0.1, 0.15) is 23.1 Å². The van der Waals surface area contributed by atoms with Gasteiger partial charge >= 0.3 is 5.82 Å². The summed E-state index contributed by atoms with van der Waals surface area (Å²) in [5, 5.41) is 19.1. The van der Waals surface area contributed by atoms with Crippen LogP contribution in [0.15, 0.2) is 6.20 Å². The molecule has 0 spiro atoms. The fourth-order valence-electron chi connectivity index (χ4n) is 1.18. The highest BCUT2D eigenvalue weighted by Gasteiger charge is 2.27. The Balaban J connectivity index is 3.57. The van der Waals surface area contributed by atoms with Crippen LogP contribution in [0.5, 0.6) is 0 Å². The van der Waals surface area contributed by atoms with Crippen molar-refractivity contribution in [3.05, 3.63) is 33.0 Å². The summed E-state index contributed by atoms with van der Waals surface area (Å²) < 4.78 is 25.3. The van der Waals surface area contributed by atoms with E-state index in [1.165, 1.54) is 6.07 Å². The molecule has 0 saturated carbocycles. The van der Waals surface area contributed by atoms with Crippen LogP contribution in [0.25, 0.3) is 0 Å². The molecule has 5 nitrogen and oxygen atoms in total. The molecule has 0 fully saturated rings. The van der Waals surface area contributed by atoms with Gasteiger partial charge in [-0.3, -0.25) is 0 Å². The second-order valence-corrected chi connectivity index (χ2v) is 2.96. The van der Waals surface area contributed by atoms with Crippen LogP contribution in [0.4, 0.5) is 14.6 Å². The molecule has 0 saturated heterocycles. The smallest absolute Gasteiger partial charge is 0.358 e. The van der Waals surface area contributed by atoms with E-state index < -0.39 is 39.7 Å². The van der Waals surface area contributed by atoms with Gasteiger partial charge in [-0.25, -0.2) is 8.78 Å². The molecule has 84 valence electrons. The Morgan fingerprint density at radius 2 is 2.31 bits per heavy atom. The van der Waals surface area contributed by atoms with E-state index in [-0.39, 0.29) is 0 Å². The zero-order valence-corrected chi connectivity index (χ0v) is 8.41. The van der Waals surface area contributed by atoms with Gasteiger partial charge in [-0.15, -0.1) is 11.6 Å². The third-order valence-electron chi connectivity index (χ3n) is 1.85. The van der Waals surface area contributed by atoms with Crippen molar-refractivity contribution in [3.63, 3.8) is 0 Å². The van der Waals surface area contributed by atoms with Crippen molar-refractivity contribution >= 4 is 17.4 Å². The highest BCUT2D eigenvalue weighted by atomic mass is 35.5. The van der Waals surface area contributed by atoms with Gasteiger partial charge < -0.3 is 10.1 Å². The third kappa shape index (κ3) is 2.06. The Bertz CT molecular complexity index is 473. The van der Waals surface area contributed by atoms with Crippen LogP contribution in [0, 0.1) is 21.4 Å². The van der Waals surface area contributed by atoms with E-state index in [2.05, 4.69) is 4.98 Å². The van der Waals surface area contributed by atoms with Gasteiger partial charge in [0, 0.05) is 0 Å². The van der Waals surface area contributed by atoms with Crippen LogP contribution in [0.3, 0.4) is 0 Å². The van der Waals surface area contributed by atoms with Crippen LogP contribution >= 0.6 is 11.6 Å². The van der Waals surface area contributed by atoms with Crippen molar-refractivity contribution in [2.45, 2.75) is 12.3 Å². The summed E-state index contributed by atoms with van der Waals surface area (Å²) >= 11 is 5.37. The summed E-state index contributed by atoms with van der Waals surface area (Å²) in [6.45, 7) is 0. The summed E-state index contributed by atoms with van der Waals surface area (Å²) in [4.78, 5) is 12.9. The Kier molecular flexibility index (Phi) is 3.68. The highest BCUT2D eigenvalue weighted by Crippen LogP contribution is 2.32. The highest BCUT2D eigenvalue weighted by molar-refractivity contribution is 6.17. The number of nitro groups is 1. The molecule has 1 aromatic heterocycles. The van der Waals surface area contributed by atoms with E-state index in [0.717, 1.165) is 6.20 Å². The summed E-state index contributed by atoms with van der Waals surface area (Å²) in [5.41, 5.74) is -1.55. The zero-order chi connectivity index (χ0) is 12.3. The first kappa shape index (κ1) is 12.3. The van der Waals surface area contributed by atoms with Crippen LogP contribution in [0.2, 0.25) is 0 Å². The molecule has 0 aliphatic rings. The van der Waals surface area contributed by atoms with Crippen LogP contribution in [-0.4, -0.2) is 9.91 Å². The minimum absolute atomic E-state index is 0.406. The first-order valence-corrected chi connectivity index (χ1v) is 4.46. The van der Waals surface area contributed by atoms with Crippen molar-refractivity contribution in [2.24, 2.45) is 0 Å². The Labute approximate surface area is 93.4 Å². The SMILES string of the molecule is N#Cc1cnc([N+](=O)[O-])c(CCl)c1C(F)F. The molecular weight excluding hydrogens is 244 g/mol. The minimum Gasteiger partial charge on any atom is -0.358 e. The maximum atomic E-state index is 12.6. The summed E-state index contributed by atoms with van der Waals surface area (Å²) in [6.07, 6.45) is -2.26. The first-order valence-electron chi connectivity index (χ1n) is 3.93. The van der Waals surface area contributed by atoms with Crippen molar-refractivity contribution in [1.82, 2.24) is 4.98 Å². The molecule has 0 unspecified atom stereocenters. The average Bonchev–Trinajstić information content (AvgIpc) is 2.26. The van der Waals surface area contributed by atoms with Crippen LogP contribution < -0.4 is 0 Å². The molecule has 8 heteroatoms. The average molecular weight is 248 g/mol. The normalized spacial score (nSPS) is 10.2. The molecule has 0 aliphatic heterocycles. The second-order valence-electron chi connectivity index (χ2n) is 2.69. The molecule has 0 aliphatic carbocycles. The van der Waals surface area contributed by atoms with Gasteiger partial charge in [0.2, 0.25) is 0 Å². The summed E-state index contributed by atoms with van der Waals surface area (Å²) in [6, 6.07) is 1.49. The lowest BCUT2D eigenvalue weighted by Crippen LogP contribution is -2.04. The Morgan fingerprint density at radius 1 is 1.69 bits per heavy atom. The van der Waals surface area contributed by atoms with Gasteiger partial charge in [0.15, 0.2) is 6.20 Å². The predicted molar refractivity (Wildman–Crippen MR) is 50.1 cm³/mol. The van der Waals surface area contributed by atoms with Gasteiger partial charge in [-0.2, -0.15) is 5.26 Å². The number of pyridine rings is 1.